The summed E-state index contributed by atoms with van der Waals surface area (Å²) in [5, 5.41) is 2.86. The van der Waals surface area contributed by atoms with Crippen molar-refractivity contribution in [1.82, 2.24) is 0 Å². The Morgan fingerprint density at radius 1 is 1.30 bits per heavy atom. The Hall–Kier alpha value is -2.56. The van der Waals surface area contributed by atoms with Crippen LogP contribution in [-0.4, -0.2) is 26.1 Å². The normalized spacial score (nSPS) is 13.2. The van der Waals surface area contributed by atoms with Crippen LogP contribution in [-0.2, 0) is 11.2 Å². The molecule has 4 nitrogen and oxygen atoms in total. The number of amides is 1. The lowest BCUT2D eigenvalue weighted by atomic mass is 10.1. The van der Waals surface area contributed by atoms with E-state index < -0.39 is 0 Å². The van der Waals surface area contributed by atoms with E-state index >= 15 is 0 Å². The summed E-state index contributed by atoms with van der Waals surface area (Å²) in [7, 11) is 2.01. The number of hydrogen-bond acceptors (Lipinski definition) is 3. The van der Waals surface area contributed by atoms with Crippen molar-refractivity contribution >= 4 is 17.3 Å². The van der Waals surface area contributed by atoms with Gasteiger partial charge in [-0.3, -0.25) is 4.79 Å². The Labute approximate surface area is 134 Å². The molecule has 1 N–H and O–H groups in total. The number of halogens is 1. The van der Waals surface area contributed by atoms with E-state index in [9.17, 15) is 9.18 Å². The molecule has 2 aromatic rings. The van der Waals surface area contributed by atoms with Crippen LogP contribution in [0.2, 0.25) is 0 Å². The summed E-state index contributed by atoms with van der Waals surface area (Å²) in [4.78, 5) is 14.2. The van der Waals surface area contributed by atoms with Crippen LogP contribution in [0.15, 0.2) is 42.5 Å². The molecule has 2 aromatic carbocycles. The molecule has 0 saturated heterocycles. The molecule has 0 aromatic heterocycles. The number of benzene rings is 2. The van der Waals surface area contributed by atoms with Crippen LogP contribution < -0.4 is 15.0 Å². The third kappa shape index (κ3) is 3.80. The highest BCUT2D eigenvalue weighted by Crippen LogP contribution is 2.33. The Kier molecular flexibility index (Phi) is 4.46. The maximum Gasteiger partial charge on any atom is 0.224 e. The van der Waals surface area contributed by atoms with Crippen LogP contribution in [0, 0.1) is 5.82 Å². The maximum atomic E-state index is 13.1. The van der Waals surface area contributed by atoms with Crippen molar-refractivity contribution in [3.8, 4) is 5.75 Å². The number of anilines is 2. The fourth-order valence-corrected chi connectivity index (χ4v) is 2.61. The average Bonchev–Trinajstić information content (AvgIpc) is 2.53. The largest absolute Gasteiger partial charge is 0.489 e. The van der Waals surface area contributed by atoms with Gasteiger partial charge in [0.1, 0.15) is 18.2 Å². The fraction of sp³-hybridized carbons (Fsp3) is 0.278. The van der Waals surface area contributed by atoms with E-state index in [1.807, 2.05) is 31.3 Å². The number of nitrogens with zero attached hydrogens (tertiary/aromatic N) is 1. The second kappa shape index (κ2) is 6.69. The lowest BCUT2D eigenvalue weighted by Gasteiger charge is -2.27. The Morgan fingerprint density at radius 3 is 3.00 bits per heavy atom. The van der Waals surface area contributed by atoms with E-state index in [0.29, 0.717) is 25.1 Å². The lowest BCUT2D eigenvalue weighted by Crippen LogP contribution is -2.28. The molecular weight excluding hydrogens is 295 g/mol. The molecule has 0 bridgehead atoms. The summed E-state index contributed by atoms with van der Waals surface area (Å²) >= 11 is 0. The van der Waals surface area contributed by atoms with Gasteiger partial charge in [-0.2, -0.15) is 0 Å². The summed E-state index contributed by atoms with van der Waals surface area (Å²) in [5.74, 6) is 0.402. The Balaban J connectivity index is 1.60. The van der Waals surface area contributed by atoms with Crippen molar-refractivity contribution in [2.75, 3.05) is 30.4 Å². The van der Waals surface area contributed by atoms with Crippen LogP contribution in [0.1, 0.15) is 12.0 Å². The third-order valence-electron chi connectivity index (χ3n) is 3.87. The van der Waals surface area contributed by atoms with E-state index in [2.05, 4.69) is 10.2 Å². The maximum absolute atomic E-state index is 13.1. The minimum atomic E-state index is -0.279. The molecule has 23 heavy (non-hydrogen) atoms. The van der Waals surface area contributed by atoms with Crippen LogP contribution >= 0.6 is 0 Å². The SMILES string of the molecule is CN1CCOc2cc(NC(=O)CCc3cccc(F)c3)ccc21. The lowest BCUT2D eigenvalue weighted by molar-refractivity contribution is -0.116. The van der Waals surface area contributed by atoms with Gasteiger partial charge in [0.2, 0.25) is 5.91 Å². The third-order valence-corrected chi connectivity index (χ3v) is 3.87. The smallest absolute Gasteiger partial charge is 0.224 e. The van der Waals surface area contributed by atoms with Gasteiger partial charge in [-0.1, -0.05) is 12.1 Å². The number of hydrogen-bond donors (Lipinski definition) is 1. The first-order chi connectivity index (χ1) is 11.1. The number of aryl methyl sites for hydroxylation is 1. The summed E-state index contributed by atoms with van der Waals surface area (Å²) in [5.41, 5.74) is 2.55. The number of carbonyl (C=O) groups is 1. The summed E-state index contributed by atoms with van der Waals surface area (Å²) in [6.07, 6.45) is 0.815. The highest BCUT2D eigenvalue weighted by Gasteiger charge is 2.15. The number of ether oxygens (including phenoxy) is 1. The molecular formula is C18H19FN2O2. The molecule has 5 heteroatoms. The predicted octanol–water partition coefficient (Wildman–Crippen LogP) is 3.23. The van der Waals surface area contributed by atoms with Crippen molar-refractivity contribution < 1.29 is 13.9 Å². The topological polar surface area (TPSA) is 41.6 Å². The monoisotopic (exact) mass is 314 g/mol. The van der Waals surface area contributed by atoms with E-state index in [-0.39, 0.29) is 11.7 Å². The second-order valence-electron chi connectivity index (χ2n) is 5.63. The predicted molar refractivity (Wildman–Crippen MR) is 88.6 cm³/mol. The number of carbonyl (C=O) groups excluding carboxylic acids is 1. The first-order valence-corrected chi connectivity index (χ1v) is 7.64. The van der Waals surface area contributed by atoms with Crippen molar-refractivity contribution in [2.24, 2.45) is 0 Å². The number of nitrogens with one attached hydrogen (secondary N) is 1. The zero-order valence-corrected chi connectivity index (χ0v) is 13.0. The first kappa shape index (κ1) is 15.3. The Bertz CT molecular complexity index is 718. The molecule has 0 spiro atoms. The van der Waals surface area contributed by atoms with Gasteiger partial charge in [0.25, 0.3) is 0 Å². The van der Waals surface area contributed by atoms with E-state index in [4.69, 9.17) is 4.74 Å². The summed E-state index contributed by atoms with van der Waals surface area (Å²) < 4.78 is 18.7. The van der Waals surface area contributed by atoms with E-state index in [1.54, 1.807) is 6.07 Å². The number of likely N-dealkylation sites (N-methyl/N-ethyl adjacent to an activating group) is 1. The average molecular weight is 314 g/mol. The van der Waals surface area contributed by atoms with Crippen LogP contribution in [0.3, 0.4) is 0 Å². The summed E-state index contributed by atoms with van der Waals surface area (Å²) in [6.45, 7) is 1.49. The highest BCUT2D eigenvalue weighted by atomic mass is 19.1. The van der Waals surface area contributed by atoms with Gasteiger partial charge < -0.3 is 15.0 Å². The van der Waals surface area contributed by atoms with Crippen LogP contribution in [0.5, 0.6) is 5.75 Å². The molecule has 1 aliphatic heterocycles. The van der Waals surface area contributed by atoms with Crippen molar-refractivity contribution in [3.05, 3.63) is 53.8 Å². The van der Waals surface area contributed by atoms with E-state index in [0.717, 1.165) is 23.5 Å². The molecule has 3 rings (SSSR count). The quantitative estimate of drug-likeness (QED) is 0.942. The Morgan fingerprint density at radius 2 is 2.17 bits per heavy atom. The van der Waals surface area contributed by atoms with Gasteiger partial charge in [0.15, 0.2) is 0 Å². The van der Waals surface area contributed by atoms with Gasteiger partial charge in [-0.05, 0) is 36.2 Å². The number of fused-ring (bicyclic) bond motifs is 1. The molecule has 0 aliphatic carbocycles. The minimum absolute atomic E-state index is 0.0987. The van der Waals surface area contributed by atoms with Gasteiger partial charge in [-0.25, -0.2) is 4.39 Å². The van der Waals surface area contributed by atoms with E-state index in [1.165, 1.54) is 12.1 Å². The second-order valence-corrected chi connectivity index (χ2v) is 5.63. The standard InChI is InChI=1S/C18H19FN2O2/c1-21-9-10-23-17-12-15(6-7-16(17)21)20-18(22)8-5-13-3-2-4-14(19)11-13/h2-4,6-7,11-12H,5,8-10H2,1H3,(H,20,22). The minimum Gasteiger partial charge on any atom is -0.489 e. The molecule has 0 radical (unpaired) electrons. The molecule has 0 atom stereocenters. The zero-order valence-electron chi connectivity index (χ0n) is 13.0. The molecule has 0 saturated carbocycles. The van der Waals surface area contributed by atoms with Gasteiger partial charge in [-0.15, -0.1) is 0 Å². The van der Waals surface area contributed by atoms with Crippen molar-refractivity contribution in [1.29, 1.82) is 0 Å². The van der Waals surface area contributed by atoms with Gasteiger partial charge in [0, 0.05) is 25.2 Å². The molecule has 120 valence electrons. The van der Waals surface area contributed by atoms with Gasteiger partial charge >= 0.3 is 0 Å². The van der Waals surface area contributed by atoms with Gasteiger partial charge in [0.05, 0.1) is 12.2 Å². The summed E-state index contributed by atoms with van der Waals surface area (Å²) in [6, 6.07) is 12.0. The molecule has 0 unspecified atom stereocenters. The molecule has 1 amide bonds. The van der Waals surface area contributed by atoms with Crippen LogP contribution in [0.4, 0.5) is 15.8 Å². The van der Waals surface area contributed by atoms with Crippen molar-refractivity contribution in [3.63, 3.8) is 0 Å². The molecule has 1 heterocycles. The van der Waals surface area contributed by atoms with Crippen molar-refractivity contribution in [2.45, 2.75) is 12.8 Å². The first-order valence-electron chi connectivity index (χ1n) is 7.64. The zero-order chi connectivity index (χ0) is 16.2. The molecule has 0 fully saturated rings. The molecule has 1 aliphatic rings. The van der Waals surface area contributed by atoms with Crippen LogP contribution in [0.25, 0.3) is 0 Å². The number of rotatable bonds is 4. The highest BCUT2D eigenvalue weighted by molar-refractivity contribution is 5.91. The fourth-order valence-electron chi connectivity index (χ4n) is 2.61.